The van der Waals surface area contributed by atoms with Crippen LogP contribution in [0.25, 0.3) is 0 Å². The molecule has 4 aliphatic heterocycles. The molecule has 6 bridgehead atoms. The van der Waals surface area contributed by atoms with E-state index in [0.29, 0.717) is 39.6 Å². The standard InChI is InChI=1S/C22H26O4S8/c1-27-17-19-29-13-11-23-7-9-25-15-3-5-16(6-4-15)26-10-8-24-12-14-30-20-18(28-2)32-22(34-20)21(31-17)33-19/h3-6H,7-14H2,1-2H3/b22-21+. The van der Waals surface area contributed by atoms with Gasteiger partial charge in [0, 0.05) is 11.5 Å². The zero-order valence-corrected chi connectivity index (χ0v) is 25.4. The van der Waals surface area contributed by atoms with E-state index in [0.717, 1.165) is 23.0 Å². The first-order valence-electron chi connectivity index (χ1n) is 10.6. The van der Waals surface area contributed by atoms with Crippen molar-refractivity contribution in [1.82, 2.24) is 0 Å². The second-order valence-electron chi connectivity index (χ2n) is 6.63. The van der Waals surface area contributed by atoms with Crippen LogP contribution in [-0.2, 0) is 9.47 Å². The average molecular weight is 611 g/mol. The molecular formula is C22H26O4S8. The molecule has 0 amide bonds. The summed E-state index contributed by atoms with van der Waals surface area (Å²) in [7, 11) is 0. The van der Waals surface area contributed by atoms with Crippen LogP contribution >= 0.6 is 94.1 Å². The quantitative estimate of drug-likeness (QED) is 0.325. The van der Waals surface area contributed by atoms with Crippen molar-refractivity contribution < 1.29 is 18.9 Å². The van der Waals surface area contributed by atoms with Gasteiger partial charge in [-0.2, -0.15) is 0 Å². The number of rotatable bonds is 2. The van der Waals surface area contributed by atoms with Crippen LogP contribution in [0.3, 0.4) is 0 Å². The minimum Gasteiger partial charge on any atom is -0.491 e. The molecule has 12 heteroatoms. The van der Waals surface area contributed by atoms with Gasteiger partial charge in [-0.3, -0.25) is 0 Å². The lowest BCUT2D eigenvalue weighted by atomic mass is 10.3. The topological polar surface area (TPSA) is 36.9 Å². The van der Waals surface area contributed by atoms with Gasteiger partial charge >= 0.3 is 0 Å². The highest BCUT2D eigenvalue weighted by atomic mass is 32.3. The van der Waals surface area contributed by atoms with Crippen LogP contribution in [0.15, 0.2) is 49.7 Å². The third kappa shape index (κ3) is 8.39. The summed E-state index contributed by atoms with van der Waals surface area (Å²) < 4.78 is 31.6. The summed E-state index contributed by atoms with van der Waals surface area (Å²) in [4.78, 5) is 0. The highest BCUT2D eigenvalue weighted by Crippen LogP contribution is 2.65. The molecule has 0 saturated heterocycles. The fraction of sp³-hybridized carbons (Fsp3) is 0.455. The molecule has 1 aromatic rings. The van der Waals surface area contributed by atoms with Crippen LogP contribution in [0.5, 0.6) is 11.5 Å². The Hall–Kier alpha value is 0.760. The van der Waals surface area contributed by atoms with Gasteiger partial charge in [0.25, 0.3) is 0 Å². The van der Waals surface area contributed by atoms with Crippen LogP contribution in [0.1, 0.15) is 0 Å². The monoisotopic (exact) mass is 610 g/mol. The summed E-state index contributed by atoms with van der Waals surface area (Å²) in [5, 5.41) is 0. The number of hydrogen-bond acceptors (Lipinski definition) is 12. The van der Waals surface area contributed by atoms with Crippen molar-refractivity contribution in [3.05, 3.63) is 49.7 Å². The first-order valence-corrected chi connectivity index (χ1v) is 18.2. The highest BCUT2D eigenvalue weighted by molar-refractivity contribution is 8.45. The Kier molecular flexibility index (Phi) is 12.5. The minimum absolute atomic E-state index is 0.540. The van der Waals surface area contributed by atoms with E-state index in [9.17, 15) is 0 Å². The summed E-state index contributed by atoms with van der Waals surface area (Å²) >= 11 is 15.2. The molecular weight excluding hydrogens is 585 g/mol. The molecule has 5 rings (SSSR count). The lowest BCUT2D eigenvalue weighted by molar-refractivity contribution is 0.110. The number of hydrogen-bond donors (Lipinski definition) is 0. The van der Waals surface area contributed by atoms with Crippen molar-refractivity contribution in [3.63, 3.8) is 0 Å². The Morgan fingerprint density at radius 2 is 1.00 bits per heavy atom. The maximum Gasteiger partial charge on any atom is 0.119 e. The molecule has 0 radical (unpaired) electrons. The van der Waals surface area contributed by atoms with Gasteiger partial charge in [0.15, 0.2) is 0 Å². The molecule has 4 nitrogen and oxygen atoms in total. The van der Waals surface area contributed by atoms with Crippen molar-refractivity contribution in [1.29, 1.82) is 0 Å². The van der Waals surface area contributed by atoms with E-state index in [-0.39, 0.29) is 0 Å². The summed E-state index contributed by atoms with van der Waals surface area (Å²) in [6, 6.07) is 7.72. The van der Waals surface area contributed by atoms with Gasteiger partial charge in [0.2, 0.25) is 0 Å². The molecule has 4 heterocycles. The molecule has 34 heavy (non-hydrogen) atoms. The molecule has 0 unspecified atom stereocenters. The molecule has 1 aromatic carbocycles. The van der Waals surface area contributed by atoms with Gasteiger partial charge in [-0.25, -0.2) is 0 Å². The van der Waals surface area contributed by atoms with E-state index < -0.39 is 0 Å². The third-order valence-corrected chi connectivity index (χ3v) is 15.5. The number of thioether (sulfide) groups is 8. The smallest absolute Gasteiger partial charge is 0.119 e. The molecule has 4 aliphatic rings. The molecule has 186 valence electrons. The van der Waals surface area contributed by atoms with Crippen molar-refractivity contribution in [3.8, 4) is 11.5 Å². The lowest BCUT2D eigenvalue weighted by Gasteiger charge is -2.10. The maximum atomic E-state index is 5.80. The van der Waals surface area contributed by atoms with Crippen LogP contribution in [0.2, 0.25) is 0 Å². The molecule has 0 atom stereocenters. The summed E-state index contributed by atoms with van der Waals surface area (Å²) in [5.41, 5.74) is 0. The van der Waals surface area contributed by atoms with Crippen molar-refractivity contribution in [2.24, 2.45) is 0 Å². The second kappa shape index (κ2) is 15.2. The first-order chi connectivity index (χ1) is 16.8. The molecule has 0 N–H and O–H groups in total. The van der Waals surface area contributed by atoms with Gasteiger partial charge in [0.1, 0.15) is 24.7 Å². The Balaban J connectivity index is 1.37. The third-order valence-electron chi connectivity index (χ3n) is 4.35. The number of fused-ring (bicyclic) bond motifs is 14. The SMILES string of the molecule is CSC1=C2SCCOCCOc3ccc(cc3)OCCOCCSC3=C(SC)S/C(=C(/S1)S2)S3. The fourth-order valence-electron chi connectivity index (χ4n) is 2.80. The minimum atomic E-state index is 0.540. The predicted octanol–water partition coefficient (Wildman–Crippen LogP) is 8.02. The second-order valence-corrected chi connectivity index (χ2v) is 16.1. The normalized spacial score (nSPS) is 23.6. The highest BCUT2D eigenvalue weighted by Gasteiger charge is 2.30. The number of ether oxygens (including phenoxy) is 4. The van der Waals surface area contributed by atoms with Gasteiger partial charge < -0.3 is 18.9 Å². The summed E-state index contributed by atoms with van der Waals surface area (Å²) in [6.07, 6.45) is 4.34. The van der Waals surface area contributed by atoms with Gasteiger partial charge in [0.05, 0.1) is 51.9 Å². The van der Waals surface area contributed by atoms with E-state index in [1.54, 1.807) is 0 Å². The average Bonchev–Trinajstić information content (AvgIpc) is 3.47. The van der Waals surface area contributed by atoms with E-state index in [2.05, 4.69) is 12.5 Å². The Morgan fingerprint density at radius 1 is 0.559 bits per heavy atom. The molecule has 0 aliphatic carbocycles. The van der Waals surface area contributed by atoms with Gasteiger partial charge in [-0.1, -0.05) is 47.0 Å². The van der Waals surface area contributed by atoms with Crippen LogP contribution < -0.4 is 9.47 Å². The van der Waals surface area contributed by atoms with E-state index in [1.807, 2.05) is 118 Å². The van der Waals surface area contributed by atoms with Crippen LogP contribution in [-0.4, -0.2) is 63.7 Å². The Labute approximate surface area is 236 Å². The van der Waals surface area contributed by atoms with Crippen LogP contribution in [0, 0.1) is 0 Å². The van der Waals surface area contributed by atoms with Gasteiger partial charge in [-0.05, 0) is 36.8 Å². The zero-order valence-electron chi connectivity index (χ0n) is 18.9. The lowest BCUT2D eigenvalue weighted by Crippen LogP contribution is -2.09. The van der Waals surface area contributed by atoms with Gasteiger partial charge in [-0.15, -0.1) is 47.0 Å². The van der Waals surface area contributed by atoms with E-state index in [1.165, 1.54) is 25.4 Å². The summed E-state index contributed by atoms with van der Waals surface area (Å²) in [6.45, 7) is 3.67. The Bertz CT molecular complexity index is 843. The zero-order chi connectivity index (χ0) is 23.6. The molecule has 0 spiro atoms. The predicted molar refractivity (Wildman–Crippen MR) is 162 cm³/mol. The molecule has 0 fully saturated rings. The van der Waals surface area contributed by atoms with Crippen molar-refractivity contribution in [2.45, 2.75) is 0 Å². The fourth-order valence-corrected chi connectivity index (χ4v) is 13.8. The summed E-state index contributed by atoms with van der Waals surface area (Å²) in [5.74, 6) is 3.54. The largest absolute Gasteiger partial charge is 0.491 e. The van der Waals surface area contributed by atoms with Crippen molar-refractivity contribution >= 4 is 94.1 Å². The van der Waals surface area contributed by atoms with E-state index in [4.69, 9.17) is 18.9 Å². The van der Waals surface area contributed by atoms with Crippen molar-refractivity contribution in [2.75, 3.05) is 63.7 Å². The number of benzene rings is 1. The maximum absolute atomic E-state index is 5.80. The molecule has 0 aromatic heterocycles. The molecule has 0 saturated carbocycles. The Morgan fingerprint density at radius 3 is 1.41 bits per heavy atom. The van der Waals surface area contributed by atoms with E-state index >= 15 is 0 Å². The first kappa shape index (κ1) is 27.8. The van der Waals surface area contributed by atoms with Crippen LogP contribution in [0.4, 0.5) is 0 Å².